The molecule has 1 aromatic carbocycles. The molecule has 2 aromatic heterocycles. The number of hydrazine groups is 1. The molecule has 3 aromatic rings. The predicted octanol–water partition coefficient (Wildman–Crippen LogP) is 1.94. The van der Waals surface area contributed by atoms with E-state index in [-0.39, 0.29) is 17.2 Å². The SMILES string of the molecule is O=C(CSc1nnc2ccccn12)NNC(=O)c1ccccc1Cl. The van der Waals surface area contributed by atoms with E-state index in [1.165, 1.54) is 11.8 Å². The van der Waals surface area contributed by atoms with Gasteiger partial charge in [0.15, 0.2) is 10.8 Å². The zero-order valence-electron chi connectivity index (χ0n) is 12.3. The van der Waals surface area contributed by atoms with E-state index in [1.807, 2.05) is 24.4 Å². The van der Waals surface area contributed by atoms with E-state index in [9.17, 15) is 9.59 Å². The average molecular weight is 362 g/mol. The summed E-state index contributed by atoms with van der Waals surface area (Å²) in [5, 5.41) is 8.92. The first-order valence-electron chi connectivity index (χ1n) is 6.91. The molecule has 0 aliphatic rings. The number of carbonyl (C=O) groups is 2. The van der Waals surface area contributed by atoms with E-state index >= 15 is 0 Å². The van der Waals surface area contributed by atoms with Crippen LogP contribution in [0.3, 0.4) is 0 Å². The Bertz CT molecular complexity index is 898. The summed E-state index contributed by atoms with van der Waals surface area (Å²) in [7, 11) is 0. The van der Waals surface area contributed by atoms with Crippen LogP contribution in [-0.2, 0) is 4.79 Å². The van der Waals surface area contributed by atoms with Crippen LogP contribution in [0.5, 0.6) is 0 Å². The molecule has 9 heteroatoms. The molecule has 0 unspecified atom stereocenters. The Kier molecular flexibility index (Phi) is 4.97. The Balaban J connectivity index is 1.53. The quantitative estimate of drug-likeness (QED) is 0.547. The van der Waals surface area contributed by atoms with Gasteiger partial charge in [-0.05, 0) is 24.3 Å². The molecule has 7 nitrogen and oxygen atoms in total. The van der Waals surface area contributed by atoms with E-state index in [0.717, 1.165) is 0 Å². The van der Waals surface area contributed by atoms with Gasteiger partial charge in [0.25, 0.3) is 5.91 Å². The molecular weight excluding hydrogens is 350 g/mol. The van der Waals surface area contributed by atoms with Crippen molar-refractivity contribution in [2.45, 2.75) is 5.16 Å². The minimum absolute atomic E-state index is 0.0818. The molecule has 122 valence electrons. The van der Waals surface area contributed by atoms with Crippen LogP contribution in [0.25, 0.3) is 5.65 Å². The van der Waals surface area contributed by atoms with E-state index in [0.29, 0.717) is 15.8 Å². The lowest BCUT2D eigenvalue weighted by atomic mass is 10.2. The summed E-state index contributed by atoms with van der Waals surface area (Å²) in [6.45, 7) is 0. The standard InChI is InChI=1S/C15H12ClN5O2S/c16-11-6-2-1-5-10(11)14(23)19-18-13(22)9-24-15-20-17-12-7-3-4-8-21(12)15/h1-8H,9H2,(H,18,22)(H,19,23). The summed E-state index contributed by atoms with van der Waals surface area (Å²) in [6.07, 6.45) is 1.81. The van der Waals surface area contributed by atoms with Crippen LogP contribution in [0.2, 0.25) is 5.02 Å². The van der Waals surface area contributed by atoms with Gasteiger partial charge in [0, 0.05) is 6.20 Å². The Morgan fingerprint density at radius 1 is 1.08 bits per heavy atom. The van der Waals surface area contributed by atoms with E-state index < -0.39 is 5.91 Å². The smallest absolute Gasteiger partial charge is 0.271 e. The van der Waals surface area contributed by atoms with Crippen molar-refractivity contribution in [3.8, 4) is 0 Å². The second-order valence-corrected chi connectivity index (χ2v) is 6.03. The normalized spacial score (nSPS) is 10.5. The highest BCUT2D eigenvalue weighted by Crippen LogP contribution is 2.16. The number of benzene rings is 1. The summed E-state index contributed by atoms with van der Waals surface area (Å²) in [5.74, 6) is -0.765. The molecular formula is C15H12ClN5O2S. The number of nitrogens with zero attached hydrogens (tertiary/aromatic N) is 3. The van der Waals surface area contributed by atoms with Crippen molar-refractivity contribution in [3.05, 3.63) is 59.2 Å². The summed E-state index contributed by atoms with van der Waals surface area (Å²) in [6, 6.07) is 12.1. The van der Waals surface area contributed by atoms with Crippen LogP contribution < -0.4 is 10.9 Å². The van der Waals surface area contributed by atoms with Gasteiger partial charge in [-0.2, -0.15) is 0 Å². The highest BCUT2D eigenvalue weighted by atomic mass is 35.5. The van der Waals surface area contributed by atoms with Crippen molar-refractivity contribution in [2.75, 3.05) is 5.75 Å². The number of hydrogen-bond acceptors (Lipinski definition) is 5. The molecule has 2 heterocycles. The third-order valence-electron chi connectivity index (χ3n) is 3.05. The number of hydrogen-bond donors (Lipinski definition) is 2. The van der Waals surface area contributed by atoms with Crippen molar-refractivity contribution >= 4 is 40.8 Å². The lowest BCUT2D eigenvalue weighted by Crippen LogP contribution is -2.42. The molecule has 2 N–H and O–H groups in total. The van der Waals surface area contributed by atoms with Gasteiger partial charge in [0.1, 0.15) is 0 Å². The summed E-state index contributed by atoms with van der Waals surface area (Å²) >= 11 is 7.14. The number of aromatic nitrogens is 3. The number of pyridine rings is 1. The van der Waals surface area contributed by atoms with E-state index in [1.54, 1.807) is 28.7 Å². The third kappa shape index (κ3) is 3.66. The fourth-order valence-electron chi connectivity index (χ4n) is 1.92. The van der Waals surface area contributed by atoms with Crippen LogP contribution in [0.4, 0.5) is 0 Å². The number of fused-ring (bicyclic) bond motifs is 1. The Labute approximate surface area is 146 Å². The highest BCUT2D eigenvalue weighted by molar-refractivity contribution is 7.99. The fraction of sp³-hybridized carbons (Fsp3) is 0.0667. The maximum atomic E-state index is 11.9. The predicted molar refractivity (Wildman–Crippen MR) is 90.8 cm³/mol. The lowest BCUT2D eigenvalue weighted by molar-refractivity contribution is -0.119. The van der Waals surface area contributed by atoms with Crippen LogP contribution >= 0.6 is 23.4 Å². The van der Waals surface area contributed by atoms with Gasteiger partial charge in [-0.1, -0.05) is 41.6 Å². The molecule has 0 aliphatic heterocycles. The monoisotopic (exact) mass is 361 g/mol. The van der Waals surface area contributed by atoms with Crippen molar-refractivity contribution in [2.24, 2.45) is 0 Å². The van der Waals surface area contributed by atoms with E-state index in [4.69, 9.17) is 11.6 Å². The highest BCUT2D eigenvalue weighted by Gasteiger charge is 2.12. The second-order valence-electron chi connectivity index (χ2n) is 4.68. The lowest BCUT2D eigenvalue weighted by Gasteiger charge is -2.07. The summed E-state index contributed by atoms with van der Waals surface area (Å²) < 4.78 is 1.78. The zero-order chi connectivity index (χ0) is 16.9. The van der Waals surface area contributed by atoms with Crippen LogP contribution in [0.1, 0.15) is 10.4 Å². The number of nitrogens with one attached hydrogen (secondary N) is 2. The number of thioether (sulfide) groups is 1. The molecule has 0 radical (unpaired) electrons. The van der Waals surface area contributed by atoms with Crippen molar-refractivity contribution in [3.63, 3.8) is 0 Å². The van der Waals surface area contributed by atoms with Gasteiger partial charge < -0.3 is 0 Å². The topological polar surface area (TPSA) is 88.4 Å². The van der Waals surface area contributed by atoms with Gasteiger partial charge in [-0.3, -0.25) is 24.8 Å². The maximum absolute atomic E-state index is 11.9. The minimum Gasteiger partial charge on any atom is -0.277 e. The molecule has 0 saturated heterocycles. The van der Waals surface area contributed by atoms with Crippen molar-refractivity contribution in [1.82, 2.24) is 25.4 Å². The van der Waals surface area contributed by atoms with Gasteiger partial charge in [-0.15, -0.1) is 10.2 Å². The molecule has 3 rings (SSSR count). The number of halogens is 1. The first-order valence-corrected chi connectivity index (χ1v) is 8.28. The molecule has 0 fully saturated rings. The Morgan fingerprint density at radius 3 is 2.71 bits per heavy atom. The second kappa shape index (κ2) is 7.33. The maximum Gasteiger partial charge on any atom is 0.271 e. The first-order chi connectivity index (χ1) is 11.6. The van der Waals surface area contributed by atoms with Gasteiger partial charge in [-0.25, -0.2) is 0 Å². The van der Waals surface area contributed by atoms with Crippen LogP contribution in [0.15, 0.2) is 53.8 Å². The fourth-order valence-corrected chi connectivity index (χ4v) is 2.87. The van der Waals surface area contributed by atoms with Crippen LogP contribution in [0, 0.1) is 0 Å². The molecule has 0 atom stereocenters. The van der Waals surface area contributed by atoms with Crippen LogP contribution in [-0.4, -0.2) is 32.2 Å². The van der Waals surface area contributed by atoms with Gasteiger partial charge >= 0.3 is 0 Å². The number of carbonyl (C=O) groups excluding carboxylic acids is 2. The largest absolute Gasteiger partial charge is 0.277 e. The Morgan fingerprint density at radius 2 is 1.88 bits per heavy atom. The molecule has 0 saturated carbocycles. The average Bonchev–Trinajstić information content (AvgIpc) is 3.01. The first kappa shape index (κ1) is 16.3. The minimum atomic E-state index is -0.480. The Hall–Kier alpha value is -2.58. The number of amides is 2. The van der Waals surface area contributed by atoms with Gasteiger partial charge in [0.05, 0.1) is 16.3 Å². The van der Waals surface area contributed by atoms with Crippen molar-refractivity contribution in [1.29, 1.82) is 0 Å². The van der Waals surface area contributed by atoms with E-state index in [2.05, 4.69) is 21.0 Å². The molecule has 24 heavy (non-hydrogen) atoms. The zero-order valence-corrected chi connectivity index (χ0v) is 13.8. The van der Waals surface area contributed by atoms with Crippen molar-refractivity contribution < 1.29 is 9.59 Å². The molecule has 0 aliphatic carbocycles. The van der Waals surface area contributed by atoms with Gasteiger partial charge in [0.2, 0.25) is 5.91 Å². The molecule has 0 bridgehead atoms. The summed E-state index contributed by atoms with van der Waals surface area (Å²) in [4.78, 5) is 23.8. The summed E-state index contributed by atoms with van der Waals surface area (Å²) in [5.41, 5.74) is 5.66. The third-order valence-corrected chi connectivity index (χ3v) is 4.32. The molecule has 2 amide bonds. The molecule has 0 spiro atoms. The number of rotatable bonds is 4.